The van der Waals surface area contributed by atoms with Crippen LogP contribution in [0.4, 0.5) is 0 Å². The van der Waals surface area contributed by atoms with E-state index in [0.29, 0.717) is 19.6 Å². The second-order valence-corrected chi connectivity index (χ2v) is 8.04. The second-order valence-electron chi connectivity index (χ2n) is 4.93. The number of aryl methyl sites for hydroxylation is 3. The van der Waals surface area contributed by atoms with Crippen LogP contribution in [-0.2, 0) is 29.7 Å². The molecular weight excluding hydrogens is 306 g/mol. The summed E-state index contributed by atoms with van der Waals surface area (Å²) >= 11 is 1.62. The Hall–Kier alpha value is -1.15. The third kappa shape index (κ3) is 3.55. The van der Waals surface area contributed by atoms with E-state index in [-0.39, 0.29) is 4.90 Å². The Kier molecular flexibility index (Phi) is 4.88. The van der Waals surface area contributed by atoms with Gasteiger partial charge in [-0.15, -0.1) is 11.3 Å². The summed E-state index contributed by atoms with van der Waals surface area (Å²) in [5, 5.41) is 0. The van der Waals surface area contributed by atoms with Gasteiger partial charge >= 0.3 is 0 Å². The Morgan fingerprint density at radius 2 is 2.05 bits per heavy atom. The minimum absolute atomic E-state index is 0.273. The van der Waals surface area contributed by atoms with E-state index in [1.807, 2.05) is 31.4 Å². The van der Waals surface area contributed by atoms with E-state index in [4.69, 9.17) is 5.73 Å². The lowest BCUT2D eigenvalue weighted by molar-refractivity contribution is 0.581. The fraction of sp³-hybridized carbons (Fsp3) is 0.429. The van der Waals surface area contributed by atoms with Crippen molar-refractivity contribution in [3.63, 3.8) is 0 Å². The number of thiophene rings is 1. The highest BCUT2D eigenvalue weighted by atomic mass is 32.2. The minimum atomic E-state index is -3.50. The molecule has 0 aliphatic heterocycles. The zero-order chi connectivity index (χ0) is 15.6. The molecule has 2 aromatic heterocycles. The van der Waals surface area contributed by atoms with Crippen molar-refractivity contribution in [2.45, 2.75) is 45.3 Å². The number of rotatable bonds is 6. The van der Waals surface area contributed by atoms with E-state index >= 15 is 0 Å². The molecule has 2 rings (SSSR count). The lowest BCUT2D eigenvalue weighted by Crippen LogP contribution is -2.22. The first-order valence-corrected chi connectivity index (χ1v) is 9.12. The molecule has 0 amide bonds. The summed E-state index contributed by atoms with van der Waals surface area (Å²) in [7, 11) is -3.50. The van der Waals surface area contributed by atoms with E-state index in [9.17, 15) is 8.42 Å². The van der Waals surface area contributed by atoms with Crippen LogP contribution < -0.4 is 10.5 Å². The first-order valence-electron chi connectivity index (χ1n) is 6.82. The Morgan fingerprint density at radius 3 is 2.52 bits per heavy atom. The largest absolute Gasteiger partial charge is 0.349 e. The first kappa shape index (κ1) is 16.2. The maximum atomic E-state index is 12.3. The van der Waals surface area contributed by atoms with Gasteiger partial charge in [0, 0.05) is 41.3 Å². The molecule has 0 saturated carbocycles. The van der Waals surface area contributed by atoms with E-state index in [1.165, 1.54) is 10.4 Å². The molecule has 0 bridgehead atoms. The van der Waals surface area contributed by atoms with Crippen LogP contribution in [0, 0.1) is 13.8 Å². The second kappa shape index (κ2) is 6.31. The molecule has 0 atom stereocenters. The predicted octanol–water partition coefficient (Wildman–Crippen LogP) is 2.12. The van der Waals surface area contributed by atoms with Crippen molar-refractivity contribution >= 4 is 21.4 Å². The highest BCUT2D eigenvalue weighted by Crippen LogP contribution is 2.21. The molecule has 0 saturated heterocycles. The fourth-order valence-electron chi connectivity index (χ4n) is 2.12. The smallest absolute Gasteiger partial charge is 0.242 e. The number of nitrogens with one attached hydrogen (secondary N) is 1. The molecule has 0 fully saturated rings. The Morgan fingerprint density at radius 1 is 1.33 bits per heavy atom. The van der Waals surface area contributed by atoms with Gasteiger partial charge in [-0.2, -0.15) is 0 Å². The van der Waals surface area contributed by atoms with Gasteiger partial charge in [-0.25, -0.2) is 13.1 Å². The van der Waals surface area contributed by atoms with Crippen molar-refractivity contribution in [3.8, 4) is 0 Å². The van der Waals surface area contributed by atoms with Crippen LogP contribution in [0.25, 0.3) is 0 Å². The fourth-order valence-corrected chi connectivity index (χ4v) is 4.28. The lowest BCUT2D eigenvalue weighted by Gasteiger charge is -2.03. The number of sulfonamides is 1. The van der Waals surface area contributed by atoms with E-state index in [2.05, 4.69) is 4.72 Å². The van der Waals surface area contributed by atoms with Crippen LogP contribution in [-0.4, -0.2) is 13.0 Å². The normalized spacial score (nSPS) is 12.0. The third-order valence-electron chi connectivity index (χ3n) is 3.47. The number of hydrogen-bond acceptors (Lipinski definition) is 4. The molecule has 0 aromatic carbocycles. The molecule has 7 heteroatoms. The summed E-state index contributed by atoms with van der Waals surface area (Å²) in [6, 6.07) is 3.65. The average Bonchev–Trinajstić information content (AvgIpc) is 3.01. The standard InChI is InChI=1S/C14H21N3O2S2/c1-4-17-9-14(6-12(17)7-15)21(18,19)16-8-13-5-10(2)11(3)20-13/h5-6,9,16H,4,7-8,15H2,1-3H3. The molecule has 0 aliphatic rings. The van der Waals surface area contributed by atoms with E-state index < -0.39 is 10.0 Å². The number of aromatic nitrogens is 1. The Bertz CT molecular complexity index is 688. The summed E-state index contributed by atoms with van der Waals surface area (Å²) in [4.78, 5) is 2.50. The molecule has 0 radical (unpaired) electrons. The number of nitrogens with zero attached hydrogens (tertiary/aromatic N) is 1. The maximum absolute atomic E-state index is 12.3. The van der Waals surface area contributed by atoms with Gasteiger partial charge in [0.05, 0.1) is 4.90 Å². The quantitative estimate of drug-likeness (QED) is 0.853. The van der Waals surface area contributed by atoms with Crippen molar-refractivity contribution < 1.29 is 8.42 Å². The summed E-state index contributed by atoms with van der Waals surface area (Å²) < 4.78 is 29.2. The van der Waals surface area contributed by atoms with Crippen LogP contribution in [0.2, 0.25) is 0 Å². The van der Waals surface area contributed by atoms with Crippen LogP contribution in [0.15, 0.2) is 23.2 Å². The van der Waals surface area contributed by atoms with Crippen molar-refractivity contribution in [2.75, 3.05) is 0 Å². The number of nitrogens with two attached hydrogens (primary N) is 1. The van der Waals surface area contributed by atoms with Crippen molar-refractivity contribution in [1.82, 2.24) is 9.29 Å². The molecule has 3 N–H and O–H groups in total. The van der Waals surface area contributed by atoms with Gasteiger partial charge in [-0.05, 0) is 38.5 Å². The monoisotopic (exact) mass is 327 g/mol. The van der Waals surface area contributed by atoms with Gasteiger partial charge in [0.1, 0.15) is 0 Å². The van der Waals surface area contributed by atoms with Crippen LogP contribution in [0.5, 0.6) is 0 Å². The number of hydrogen-bond donors (Lipinski definition) is 2. The van der Waals surface area contributed by atoms with Gasteiger partial charge in [0.2, 0.25) is 10.0 Å². The molecule has 116 valence electrons. The summed E-state index contributed by atoms with van der Waals surface area (Å²) in [6.07, 6.45) is 1.63. The van der Waals surface area contributed by atoms with Crippen molar-refractivity contribution in [1.29, 1.82) is 0 Å². The van der Waals surface area contributed by atoms with E-state index in [0.717, 1.165) is 10.6 Å². The maximum Gasteiger partial charge on any atom is 0.242 e. The van der Waals surface area contributed by atoms with Gasteiger partial charge in [0.15, 0.2) is 0 Å². The van der Waals surface area contributed by atoms with Gasteiger partial charge < -0.3 is 10.3 Å². The highest BCUT2D eigenvalue weighted by molar-refractivity contribution is 7.89. The predicted molar refractivity (Wildman–Crippen MR) is 85.8 cm³/mol. The molecule has 0 spiro atoms. The van der Waals surface area contributed by atoms with Crippen LogP contribution in [0.1, 0.15) is 27.9 Å². The Labute approximate surface area is 129 Å². The topological polar surface area (TPSA) is 77.1 Å². The van der Waals surface area contributed by atoms with Crippen molar-refractivity contribution in [3.05, 3.63) is 39.3 Å². The molecule has 0 unspecified atom stereocenters. The molecule has 5 nitrogen and oxygen atoms in total. The van der Waals surface area contributed by atoms with Crippen molar-refractivity contribution in [2.24, 2.45) is 5.73 Å². The van der Waals surface area contributed by atoms with E-state index in [1.54, 1.807) is 23.6 Å². The molecule has 2 heterocycles. The molecule has 2 aromatic rings. The van der Waals surface area contributed by atoms with Crippen LogP contribution >= 0.6 is 11.3 Å². The Balaban J connectivity index is 2.16. The molecular formula is C14H21N3O2S2. The lowest BCUT2D eigenvalue weighted by atomic mass is 10.3. The SMILES string of the molecule is CCn1cc(S(=O)(=O)NCc2cc(C)c(C)s2)cc1CN. The summed E-state index contributed by atoms with van der Waals surface area (Å²) in [6.45, 7) is 7.36. The highest BCUT2D eigenvalue weighted by Gasteiger charge is 2.18. The van der Waals surface area contributed by atoms with Gasteiger partial charge in [-0.1, -0.05) is 0 Å². The van der Waals surface area contributed by atoms with Gasteiger partial charge in [0.25, 0.3) is 0 Å². The zero-order valence-corrected chi connectivity index (χ0v) is 14.1. The summed E-state index contributed by atoms with van der Waals surface area (Å²) in [5.74, 6) is 0. The third-order valence-corrected chi connectivity index (χ3v) is 6.00. The zero-order valence-electron chi connectivity index (χ0n) is 12.5. The van der Waals surface area contributed by atoms with Crippen LogP contribution in [0.3, 0.4) is 0 Å². The molecule has 21 heavy (non-hydrogen) atoms. The average molecular weight is 327 g/mol. The molecule has 0 aliphatic carbocycles. The first-order chi connectivity index (χ1) is 9.87. The van der Waals surface area contributed by atoms with Gasteiger partial charge in [-0.3, -0.25) is 0 Å². The minimum Gasteiger partial charge on any atom is -0.349 e. The summed E-state index contributed by atoms with van der Waals surface area (Å²) in [5.41, 5.74) is 7.64.